The monoisotopic (exact) mass is 709 g/mol. The summed E-state index contributed by atoms with van der Waals surface area (Å²) in [7, 11) is 0. The maximum Gasteiger partial charge on any atom is 0.417 e. The summed E-state index contributed by atoms with van der Waals surface area (Å²) in [4.78, 5) is 51.8. The molecule has 0 saturated heterocycles. The van der Waals surface area contributed by atoms with Gasteiger partial charge in [-0.2, -0.15) is 4.99 Å². The van der Waals surface area contributed by atoms with E-state index in [9.17, 15) is 14.4 Å². The minimum Gasteiger partial charge on any atom is -0.443 e. The highest BCUT2D eigenvalue weighted by Gasteiger charge is 2.38. The Kier molecular flexibility index (Phi) is 10.8. The van der Waals surface area contributed by atoms with Crippen LogP contribution in [0.5, 0.6) is 0 Å². The van der Waals surface area contributed by atoms with E-state index in [0.717, 1.165) is 38.2 Å². The van der Waals surface area contributed by atoms with E-state index < -0.39 is 35.6 Å². The number of aliphatic imine (C=N–C) groups is 1. The molecule has 0 aliphatic rings. The van der Waals surface area contributed by atoms with Crippen LogP contribution in [0.3, 0.4) is 0 Å². The molecule has 0 fully saturated rings. The van der Waals surface area contributed by atoms with Gasteiger partial charge in [0.1, 0.15) is 16.8 Å². The van der Waals surface area contributed by atoms with Crippen molar-refractivity contribution in [2.75, 3.05) is 13.1 Å². The predicted molar refractivity (Wildman–Crippen MR) is 205 cm³/mol. The summed E-state index contributed by atoms with van der Waals surface area (Å²) in [5, 5.41) is 3.43. The number of nitrogens with two attached hydrogens (primary N) is 1. The van der Waals surface area contributed by atoms with Crippen LogP contribution in [0.15, 0.2) is 139 Å². The molecule has 0 aliphatic carbocycles. The maximum absolute atomic E-state index is 13.3. The van der Waals surface area contributed by atoms with Crippen LogP contribution in [-0.4, -0.2) is 62.0 Å². The fraction of sp³-hybridized carbons (Fsp3) is 0.214. The topological polar surface area (TPSA) is 148 Å². The zero-order valence-corrected chi connectivity index (χ0v) is 30.0. The number of carbonyl (C=O) groups excluding carboxylic acids is 3. The zero-order chi connectivity index (χ0) is 37.4. The molecule has 0 bridgehead atoms. The number of hydrogen-bond donors (Lipinski definition) is 3. The molecule has 0 radical (unpaired) electrons. The molecule has 0 unspecified atom stereocenters. The molecule has 0 spiro atoms. The smallest absolute Gasteiger partial charge is 0.417 e. The van der Waals surface area contributed by atoms with Crippen molar-refractivity contribution in [3.8, 4) is 0 Å². The molecule has 0 aliphatic heterocycles. The van der Waals surface area contributed by atoms with E-state index in [1.54, 1.807) is 26.8 Å². The molecule has 4 aromatic carbocycles. The molecule has 53 heavy (non-hydrogen) atoms. The van der Waals surface area contributed by atoms with Gasteiger partial charge in [0.25, 0.3) is 11.8 Å². The van der Waals surface area contributed by atoms with Gasteiger partial charge in [-0.05, 0) is 62.4 Å². The quantitative estimate of drug-likeness (QED) is 0.0780. The van der Waals surface area contributed by atoms with Crippen LogP contribution < -0.4 is 11.1 Å². The van der Waals surface area contributed by atoms with Crippen molar-refractivity contribution in [1.82, 2.24) is 24.8 Å². The summed E-state index contributed by atoms with van der Waals surface area (Å²) in [5.41, 5.74) is 9.85. The lowest BCUT2D eigenvalue weighted by molar-refractivity contribution is -0.116. The Morgan fingerprint density at radius 3 is 1.98 bits per heavy atom. The van der Waals surface area contributed by atoms with Crippen molar-refractivity contribution in [3.63, 3.8) is 0 Å². The van der Waals surface area contributed by atoms with Crippen LogP contribution in [0.1, 0.15) is 60.1 Å². The highest BCUT2D eigenvalue weighted by atomic mass is 16.6. The van der Waals surface area contributed by atoms with E-state index in [0.29, 0.717) is 18.5 Å². The third-order valence-electron chi connectivity index (χ3n) is 8.72. The van der Waals surface area contributed by atoms with E-state index >= 15 is 0 Å². The third-order valence-corrected chi connectivity index (χ3v) is 8.72. The number of amides is 3. The summed E-state index contributed by atoms with van der Waals surface area (Å²) < 4.78 is 7.74. The van der Waals surface area contributed by atoms with Crippen LogP contribution in [0, 0.1) is 0 Å². The number of hydrogen-bond acceptors (Lipinski definition) is 5. The van der Waals surface area contributed by atoms with E-state index in [1.165, 1.54) is 0 Å². The summed E-state index contributed by atoms with van der Waals surface area (Å²) in [5.74, 6) is -1.52. The SMILES string of the molecule is CC(C)(C)OC(=O)N(CCCc1cn(C(c2ccccc2)(c2ccccc2)c2ccccc2)cn1)C(N)=NC(=O)CNC(=O)c1cc2ccccc2[nH]1. The first-order valence-electron chi connectivity index (χ1n) is 17.5. The van der Waals surface area contributed by atoms with Gasteiger partial charge in [0.05, 0.1) is 18.6 Å². The highest BCUT2D eigenvalue weighted by Crippen LogP contribution is 2.40. The summed E-state index contributed by atoms with van der Waals surface area (Å²) in [6, 6.07) is 40.1. The molecule has 6 aromatic rings. The van der Waals surface area contributed by atoms with Gasteiger partial charge >= 0.3 is 6.09 Å². The standard InChI is InChI=1S/C42H43N7O4/c1-41(2,3)53-40(52)49(39(43)47-37(50)27-44-38(51)36-26-30-16-13-14-24-35(30)46-36)25-15-23-34-28-48(29-45-34)42(31-17-7-4-8-18-31,32-19-9-5-10-20-32)33-21-11-6-12-22-33/h4-14,16-22,24,26,28-29,46H,15,23,25,27H2,1-3H3,(H,44,51)(H2,43,47,50). The summed E-state index contributed by atoms with van der Waals surface area (Å²) in [6.45, 7) is 4.91. The number of benzene rings is 4. The van der Waals surface area contributed by atoms with Gasteiger partial charge in [0.2, 0.25) is 5.96 Å². The molecule has 11 heteroatoms. The summed E-state index contributed by atoms with van der Waals surface area (Å²) in [6.07, 6.45) is 4.05. The third kappa shape index (κ3) is 8.36. The number of aromatic amines is 1. The van der Waals surface area contributed by atoms with Gasteiger partial charge in [-0.3, -0.25) is 9.59 Å². The molecule has 0 saturated carbocycles. The summed E-state index contributed by atoms with van der Waals surface area (Å²) >= 11 is 0. The molecule has 4 N–H and O–H groups in total. The van der Waals surface area contributed by atoms with Crippen LogP contribution in [0.4, 0.5) is 4.79 Å². The molecule has 2 aromatic heterocycles. The molecular weight excluding hydrogens is 667 g/mol. The average Bonchev–Trinajstić information content (AvgIpc) is 3.81. The van der Waals surface area contributed by atoms with Gasteiger partial charge in [-0.1, -0.05) is 109 Å². The minimum absolute atomic E-state index is 0.104. The van der Waals surface area contributed by atoms with Gasteiger partial charge in [0, 0.05) is 23.6 Å². The molecule has 6 rings (SSSR count). The number of carbonyl (C=O) groups is 3. The Labute approximate surface area is 308 Å². The van der Waals surface area contributed by atoms with Crippen LogP contribution in [-0.2, 0) is 21.5 Å². The van der Waals surface area contributed by atoms with Crippen LogP contribution >= 0.6 is 0 Å². The number of guanidine groups is 1. The Balaban J connectivity index is 1.19. The lowest BCUT2D eigenvalue weighted by atomic mass is 9.77. The van der Waals surface area contributed by atoms with Crippen molar-refractivity contribution in [2.45, 2.75) is 44.8 Å². The van der Waals surface area contributed by atoms with Crippen LogP contribution in [0.2, 0.25) is 0 Å². The van der Waals surface area contributed by atoms with Gasteiger partial charge in [-0.25, -0.2) is 14.7 Å². The highest BCUT2D eigenvalue weighted by molar-refractivity contribution is 6.02. The van der Waals surface area contributed by atoms with Gasteiger partial charge in [0.15, 0.2) is 0 Å². The van der Waals surface area contributed by atoms with Gasteiger partial charge in [-0.15, -0.1) is 0 Å². The molecule has 0 atom stereocenters. The predicted octanol–water partition coefficient (Wildman–Crippen LogP) is 6.65. The molecule has 270 valence electrons. The molecule has 3 amide bonds. The fourth-order valence-corrected chi connectivity index (χ4v) is 6.37. The minimum atomic E-state index is -0.818. The largest absolute Gasteiger partial charge is 0.443 e. The number of H-pyrrole nitrogens is 1. The first kappa shape index (κ1) is 36.3. The van der Waals surface area contributed by atoms with Crippen molar-refractivity contribution in [2.24, 2.45) is 10.7 Å². The van der Waals surface area contributed by atoms with Crippen molar-refractivity contribution in [1.29, 1.82) is 0 Å². The number of fused-ring (bicyclic) bond motifs is 1. The Bertz CT molecular complexity index is 2070. The molecule has 11 nitrogen and oxygen atoms in total. The van der Waals surface area contributed by atoms with Crippen molar-refractivity contribution < 1.29 is 19.1 Å². The second-order valence-corrected chi connectivity index (χ2v) is 13.6. The van der Waals surface area contributed by atoms with E-state index in [-0.39, 0.29) is 12.5 Å². The van der Waals surface area contributed by atoms with Crippen molar-refractivity contribution in [3.05, 3.63) is 162 Å². The second-order valence-electron chi connectivity index (χ2n) is 13.6. The first-order chi connectivity index (χ1) is 25.5. The van der Waals surface area contributed by atoms with Crippen molar-refractivity contribution >= 4 is 34.8 Å². The van der Waals surface area contributed by atoms with E-state index in [1.807, 2.05) is 91.4 Å². The zero-order valence-electron chi connectivity index (χ0n) is 30.0. The molecular formula is C42H43N7O4. The Morgan fingerprint density at radius 1 is 0.849 bits per heavy atom. The van der Waals surface area contributed by atoms with Gasteiger partial charge < -0.3 is 25.3 Å². The lowest BCUT2D eigenvalue weighted by Crippen LogP contribution is -2.46. The number of imidazole rings is 1. The Hall–Kier alpha value is -6.49. The lowest BCUT2D eigenvalue weighted by Gasteiger charge is -2.37. The number of aryl methyl sites for hydroxylation is 1. The average molecular weight is 710 g/mol. The van der Waals surface area contributed by atoms with E-state index in [2.05, 4.69) is 56.3 Å². The first-order valence-corrected chi connectivity index (χ1v) is 17.5. The normalized spacial score (nSPS) is 12.0. The number of rotatable bonds is 11. The fourth-order valence-electron chi connectivity index (χ4n) is 6.37. The number of nitrogens with zero attached hydrogens (tertiary/aromatic N) is 4. The second kappa shape index (κ2) is 15.8. The maximum atomic E-state index is 13.3. The Morgan fingerprint density at radius 2 is 1.42 bits per heavy atom. The number of para-hydroxylation sites is 1. The number of ether oxygens (including phenoxy) is 1. The molecule has 2 heterocycles. The van der Waals surface area contributed by atoms with E-state index in [4.69, 9.17) is 15.5 Å². The number of nitrogens with one attached hydrogen (secondary N) is 2. The van der Waals surface area contributed by atoms with Crippen LogP contribution in [0.25, 0.3) is 10.9 Å². The number of aromatic nitrogens is 3.